The first kappa shape index (κ1) is 24.3. The molecule has 4 rings (SSSR count). The van der Waals surface area contributed by atoms with Gasteiger partial charge in [0.1, 0.15) is 11.9 Å². The van der Waals surface area contributed by atoms with Crippen molar-refractivity contribution >= 4 is 18.1 Å². The number of nitrogens with zero attached hydrogens (tertiary/aromatic N) is 5. The van der Waals surface area contributed by atoms with Crippen LogP contribution in [0.4, 0.5) is 0 Å². The highest BCUT2D eigenvalue weighted by atomic mass is 16.2. The van der Waals surface area contributed by atoms with Crippen molar-refractivity contribution in [2.45, 2.75) is 58.5 Å². The van der Waals surface area contributed by atoms with Gasteiger partial charge in [0.25, 0.3) is 5.91 Å². The molecule has 2 aromatic heterocycles. The van der Waals surface area contributed by atoms with E-state index in [2.05, 4.69) is 32.5 Å². The fraction of sp³-hybridized carbons (Fsp3) is 0.440. The van der Waals surface area contributed by atoms with Gasteiger partial charge in [-0.3, -0.25) is 14.4 Å². The van der Waals surface area contributed by atoms with Crippen LogP contribution >= 0.6 is 0 Å². The Hall–Kier alpha value is -3.82. The molecular weight excluding hydrogens is 446 g/mol. The molecule has 1 aliphatic rings. The summed E-state index contributed by atoms with van der Waals surface area (Å²) in [5, 5.41) is 10.9. The predicted octanol–water partition coefficient (Wildman–Crippen LogP) is 2.61. The highest BCUT2D eigenvalue weighted by molar-refractivity contribution is 6.24. The third kappa shape index (κ3) is 5.31. The number of hydrogen-bond acceptors (Lipinski definition) is 6. The van der Waals surface area contributed by atoms with Crippen LogP contribution in [0.25, 0.3) is 16.9 Å². The molecule has 1 unspecified atom stereocenters. The van der Waals surface area contributed by atoms with Crippen molar-refractivity contribution in [3.63, 3.8) is 0 Å². The molecule has 1 aromatic carbocycles. The topological polar surface area (TPSA) is 126 Å². The van der Waals surface area contributed by atoms with Crippen molar-refractivity contribution in [3.05, 3.63) is 48.2 Å². The van der Waals surface area contributed by atoms with Crippen LogP contribution in [0.3, 0.4) is 0 Å². The molecule has 1 aliphatic heterocycles. The maximum absolute atomic E-state index is 13.3. The van der Waals surface area contributed by atoms with Crippen LogP contribution < -0.4 is 5.32 Å². The van der Waals surface area contributed by atoms with Gasteiger partial charge in [-0.2, -0.15) is 0 Å². The van der Waals surface area contributed by atoms with E-state index in [0.29, 0.717) is 12.4 Å². The molecule has 184 valence electrons. The highest BCUT2D eigenvalue weighted by Crippen LogP contribution is 2.32. The predicted molar refractivity (Wildman–Crippen MR) is 129 cm³/mol. The first-order valence-electron chi connectivity index (χ1n) is 12.0. The van der Waals surface area contributed by atoms with Crippen molar-refractivity contribution in [2.24, 2.45) is 5.92 Å². The van der Waals surface area contributed by atoms with E-state index < -0.39 is 11.9 Å². The number of aromatic amines is 1. The molecule has 2 atom stereocenters. The number of carbonyl (C=O) groups excluding carboxylic acids is 3. The van der Waals surface area contributed by atoms with Crippen LogP contribution in [-0.2, 0) is 20.8 Å². The molecule has 0 saturated carbocycles. The van der Waals surface area contributed by atoms with Crippen molar-refractivity contribution in [3.8, 4) is 16.9 Å². The lowest BCUT2D eigenvalue weighted by Gasteiger charge is -2.29. The standard InChI is InChI=1S/C25H31N7O3/c1-4-6-18-14-32(30-29-18)19-10-8-17(9-11-19)20-13-26-24(27-20)21-7-5-12-31(21)25(35)23(16(2)3)28-22(34)15-33/h8-11,13-16,21,23H,4-7,12H2,1-3H3,(H,26,27)(H,28,34)/t21?,23-/m0/s1. The van der Waals surface area contributed by atoms with E-state index in [9.17, 15) is 14.4 Å². The fourth-order valence-corrected chi connectivity index (χ4v) is 4.44. The molecule has 0 bridgehead atoms. The summed E-state index contributed by atoms with van der Waals surface area (Å²) in [5.74, 6) is -0.430. The van der Waals surface area contributed by atoms with Gasteiger partial charge in [-0.1, -0.05) is 44.5 Å². The lowest BCUT2D eigenvalue weighted by molar-refractivity contribution is -0.140. The molecule has 0 spiro atoms. The van der Waals surface area contributed by atoms with Gasteiger partial charge in [0.2, 0.25) is 12.2 Å². The van der Waals surface area contributed by atoms with E-state index in [1.807, 2.05) is 44.3 Å². The number of aryl methyl sites for hydroxylation is 1. The molecule has 35 heavy (non-hydrogen) atoms. The number of benzene rings is 1. The van der Waals surface area contributed by atoms with E-state index in [1.165, 1.54) is 0 Å². The molecular formula is C25H31N7O3. The number of aromatic nitrogens is 5. The number of amides is 2. The third-order valence-corrected chi connectivity index (χ3v) is 6.27. The molecule has 3 aromatic rings. The quantitative estimate of drug-likeness (QED) is 0.360. The van der Waals surface area contributed by atoms with E-state index in [1.54, 1.807) is 15.8 Å². The normalized spacial score (nSPS) is 16.5. The highest BCUT2D eigenvalue weighted by Gasteiger charge is 2.37. The minimum atomic E-state index is -0.788. The Bertz CT molecular complexity index is 1180. The van der Waals surface area contributed by atoms with Gasteiger partial charge in [0.05, 0.1) is 35.5 Å². The van der Waals surface area contributed by atoms with E-state index >= 15 is 0 Å². The van der Waals surface area contributed by atoms with Crippen LogP contribution in [0.2, 0.25) is 0 Å². The van der Waals surface area contributed by atoms with Crippen LogP contribution in [0.5, 0.6) is 0 Å². The van der Waals surface area contributed by atoms with Crippen LogP contribution in [-0.4, -0.2) is 60.5 Å². The van der Waals surface area contributed by atoms with Gasteiger partial charge >= 0.3 is 0 Å². The molecule has 3 heterocycles. The second-order valence-corrected chi connectivity index (χ2v) is 9.17. The fourth-order valence-electron chi connectivity index (χ4n) is 4.44. The number of imidazole rings is 1. The zero-order valence-corrected chi connectivity index (χ0v) is 20.3. The smallest absolute Gasteiger partial charge is 0.284 e. The van der Waals surface area contributed by atoms with Gasteiger partial charge in [-0.15, -0.1) is 5.10 Å². The van der Waals surface area contributed by atoms with Gasteiger partial charge in [-0.25, -0.2) is 9.67 Å². The second-order valence-electron chi connectivity index (χ2n) is 9.17. The Labute approximate surface area is 204 Å². The minimum Gasteiger partial charge on any atom is -0.340 e. The number of aldehydes is 1. The number of rotatable bonds is 9. The number of H-pyrrole nitrogens is 1. The molecule has 2 N–H and O–H groups in total. The SMILES string of the molecule is CCCc1cn(-c2ccc(-c3cnc(C4CCCN4C(=O)[C@@H](NC(=O)C=O)C(C)C)[nH]3)cc2)nn1. The zero-order chi connectivity index (χ0) is 24.9. The van der Waals surface area contributed by atoms with E-state index in [-0.39, 0.29) is 24.2 Å². The third-order valence-electron chi connectivity index (χ3n) is 6.27. The lowest BCUT2D eigenvalue weighted by Crippen LogP contribution is -2.51. The lowest BCUT2D eigenvalue weighted by atomic mass is 10.0. The number of likely N-dealkylation sites (tertiary alicyclic amines) is 1. The summed E-state index contributed by atoms with van der Waals surface area (Å²) in [6, 6.07) is 6.98. The molecule has 2 amide bonds. The molecule has 10 nitrogen and oxygen atoms in total. The van der Waals surface area contributed by atoms with Gasteiger partial charge in [0, 0.05) is 6.54 Å². The summed E-state index contributed by atoms with van der Waals surface area (Å²) in [7, 11) is 0. The average molecular weight is 478 g/mol. The summed E-state index contributed by atoms with van der Waals surface area (Å²) in [6.07, 6.45) is 7.45. The van der Waals surface area contributed by atoms with Crippen molar-refractivity contribution in [1.82, 2.24) is 35.2 Å². The van der Waals surface area contributed by atoms with Gasteiger partial charge in [-0.05, 0) is 42.9 Å². The number of nitrogens with one attached hydrogen (secondary N) is 2. The number of hydrogen-bond donors (Lipinski definition) is 2. The molecule has 10 heteroatoms. The Morgan fingerprint density at radius 1 is 1.26 bits per heavy atom. The molecule has 1 saturated heterocycles. The first-order chi connectivity index (χ1) is 16.9. The Morgan fingerprint density at radius 2 is 2.03 bits per heavy atom. The second kappa shape index (κ2) is 10.6. The largest absolute Gasteiger partial charge is 0.340 e. The maximum Gasteiger partial charge on any atom is 0.284 e. The minimum absolute atomic E-state index is 0.152. The molecule has 1 fully saturated rings. The monoisotopic (exact) mass is 477 g/mol. The Morgan fingerprint density at radius 3 is 2.71 bits per heavy atom. The van der Waals surface area contributed by atoms with Crippen LogP contribution in [0, 0.1) is 5.92 Å². The van der Waals surface area contributed by atoms with Gasteiger partial charge in [0.15, 0.2) is 0 Å². The zero-order valence-electron chi connectivity index (χ0n) is 20.3. The summed E-state index contributed by atoms with van der Waals surface area (Å²) < 4.78 is 1.77. The van der Waals surface area contributed by atoms with Crippen molar-refractivity contribution in [2.75, 3.05) is 6.54 Å². The Kier molecular flexibility index (Phi) is 7.38. The van der Waals surface area contributed by atoms with Crippen LogP contribution in [0.15, 0.2) is 36.7 Å². The van der Waals surface area contributed by atoms with E-state index in [0.717, 1.165) is 48.3 Å². The summed E-state index contributed by atoms with van der Waals surface area (Å²) in [5.41, 5.74) is 3.71. The summed E-state index contributed by atoms with van der Waals surface area (Å²) in [4.78, 5) is 45.4. The first-order valence-corrected chi connectivity index (χ1v) is 12.0. The van der Waals surface area contributed by atoms with Crippen molar-refractivity contribution in [1.29, 1.82) is 0 Å². The Balaban J connectivity index is 1.49. The average Bonchev–Trinajstić information content (AvgIpc) is 3.62. The summed E-state index contributed by atoms with van der Waals surface area (Å²) in [6.45, 7) is 6.38. The molecule has 0 radical (unpaired) electrons. The van der Waals surface area contributed by atoms with Crippen molar-refractivity contribution < 1.29 is 14.4 Å². The summed E-state index contributed by atoms with van der Waals surface area (Å²) >= 11 is 0. The van der Waals surface area contributed by atoms with Gasteiger partial charge < -0.3 is 15.2 Å². The van der Waals surface area contributed by atoms with E-state index in [4.69, 9.17) is 0 Å². The maximum atomic E-state index is 13.3. The number of carbonyl (C=O) groups is 3. The molecule has 0 aliphatic carbocycles. The van der Waals surface area contributed by atoms with Crippen LogP contribution in [0.1, 0.15) is 57.6 Å².